The summed E-state index contributed by atoms with van der Waals surface area (Å²) in [6, 6.07) is 14.8. The topological polar surface area (TPSA) is 37.8 Å². The van der Waals surface area contributed by atoms with Crippen LogP contribution < -0.4 is 5.32 Å². The number of benzene rings is 1. The Hall–Kier alpha value is -2.26. The molecule has 0 fully saturated rings. The van der Waals surface area contributed by atoms with Crippen LogP contribution in [0, 0.1) is 0 Å². The van der Waals surface area contributed by atoms with Gasteiger partial charge in [0.2, 0.25) is 0 Å². The van der Waals surface area contributed by atoms with Crippen LogP contribution in [0.2, 0.25) is 0 Å². The first kappa shape index (κ1) is 13.7. The summed E-state index contributed by atoms with van der Waals surface area (Å²) in [5, 5.41) is 4.76. The number of fused-ring (bicyclic) bond motifs is 1. The Bertz CT molecular complexity index is 704. The summed E-state index contributed by atoms with van der Waals surface area (Å²) in [5.74, 6) is 0. The van der Waals surface area contributed by atoms with Crippen LogP contribution >= 0.6 is 0 Å². The fourth-order valence-electron chi connectivity index (χ4n) is 2.70. The van der Waals surface area contributed by atoms with Crippen molar-refractivity contribution < 1.29 is 0 Å². The number of hydrogen-bond donors (Lipinski definition) is 1. The maximum atomic E-state index is 4.57. The third kappa shape index (κ3) is 3.09. The SMILES string of the molecule is CCNC(Cc1cccnc1)c1cccc2cccnc12. The maximum Gasteiger partial charge on any atom is 0.0749 e. The van der Waals surface area contributed by atoms with E-state index >= 15 is 0 Å². The van der Waals surface area contributed by atoms with Gasteiger partial charge in [-0.25, -0.2) is 0 Å². The summed E-state index contributed by atoms with van der Waals surface area (Å²) in [6.45, 7) is 3.06. The summed E-state index contributed by atoms with van der Waals surface area (Å²) in [4.78, 5) is 8.78. The third-order valence-electron chi connectivity index (χ3n) is 3.65. The van der Waals surface area contributed by atoms with E-state index in [-0.39, 0.29) is 6.04 Å². The molecule has 0 saturated carbocycles. The smallest absolute Gasteiger partial charge is 0.0749 e. The lowest BCUT2D eigenvalue weighted by molar-refractivity contribution is 0.552. The van der Waals surface area contributed by atoms with Gasteiger partial charge >= 0.3 is 0 Å². The summed E-state index contributed by atoms with van der Waals surface area (Å²) in [6.07, 6.45) is 6.52. The molecule has 0 aliphatic rings. The van der Waals surface area contributed by atoms with E-state index in [4.69, 9.17) is 0 Å². The van der Waals surface area contributed by atoms with Gasteiger partial charge in [-0.3, -0.25) is 9.97 Å². The quantitative estimate of drug-likeness (QED) is 0.775. The van der Waals surface area contributed by atoms with Crippen LogP contribution in [0.5, 0.6) is 0 Å². The summed E-state index contributed by atoms with van der Waals surface area (Å²) < 4.78 is 0. The molecule has 0 aliphatic heterocycles. The lowest BCUT2D eigenvalue weighted by atomic mass is 9.97. The van der Waals surface area contributed by atoms with Gasteiger partial charge in [0.15, 0.2) is 0 Å². The zero-order valence-corrected chi connectivity index (χ0v) is 12.2. The van der Waals surface area contributed by atoms with Crippen LogP contribution in [-0.4, -0.2) is 16.5 Å². The van der Waals surface area contributed by atoms with Crippen LogP contribution in [0.4, 0.5) is 0 Å². The molecule has 2 heterocycles. The predicted octanol–water partition coefficient (Wildman–Crippen LogP) is 3.52. The number of aromatic nitrogens is 2. The number of nitrogens with one attached hydrogen (secondary N) is 1. The van der Waals surface area contributed by atoms with E-state index in [2.05, 4.69) is 52.5 Å². The van der Waals surface area contributed by atoms with E-state index in [0.29, 0.717) is 0 Å². The lowest BCUT2D eigenvalue weighted by Gasteiger charge is -2.19. The summed E-state index contributed by atoms with van der Waals surface area (Å²) in [5.41, 5.74) is 3.56. The van der Waals surface area contributed by atoms with E-state index in [9.17, 15) is 0 Å². The number of pyridine rings is 2. The third-order valence-corrected chi connectivity index (χ3v) is 3.65. The van der Waals surface area contributed by atoms with Gasteiger partial charge in [-0.05, 0) is 36.2 Å². The van der Waals surface area contributed by atoms with Crippen LogP contribution in [0.3, 0.4) is 0 Å². The molecule has 2 aromatic heterocycles. The second kappa shape index (κ2) is 6.46. The molecule has 1 atom stereocenters. The Labute approximate surface area is 125 Å². The van der Waals surface area contributed by atoms with E-state index in [1.807, 2.05) is 30.7 Å². The van der Waals surface area contributed by atoms with Crippen molar-refractivity contribution in [1.82, 2.24) is 15.3 Å². The highest BCUT2D eigenvalue weighted by Crippen LogP contribution is 2.25. The Morgan fingerprint density at radius 2 is 1.90 bits per heavy atom. The van der Waals surface area contributed by atoms with Crippen LogP contribution in [-0.2, 0) is 6.42 Å². The zero-order valence-electron chi connectivity index (χ0n) is 12.2. The fraction of sp³-hybridized carbons (Fsp3) is 0.222. The Morgan fingerprint density at radius 1 is 1.05 bits per heavy atom. The molecule has 3 nitrogen and oxygen atoms in total. The van der Waals surface area contributed by atoms with Gasteiger partial charge in [0.1, 0.15) is 0 Å². The standard InChI is InChI=1S/C18H19N3/c1-2-20-17(12-14-6-4-10-19-13-14)16-9-3-7-15-8-5-11-21-18(15)16/h3-11,13,17,20H,2,12H2,1H3. The second-order valence-corrected chi connectivity index (χ2v) is 5.10. The van der Waals surface area contributed by atoms with Crippen LogP contribution in [0.15, 0.2) is 61.1 Å². The van der Waals surface area contributed by atoms with Crippen molar-refractivity contribution in [2.45, 2.75) is 19.4 Å². The zero-order chi connectivity index (χ0) is 14.5. The predicted molar refractivity (Wildman–Crippen MR) is 86.1 cm³/mol. The number of hydrogen-bond acceptors (Lipinski definition) is 3. The van der Waals surface area contributed by atoms with Crippen molar-refractivity contribution in [3.8, 4) is 0 Å². The van der Waals surface area contributed by atoms with E-state index in [1.54, 1.807) is 0 Å². The molecule has 0 amide bonds. The Balaban J connectivity index is 1.99. The maximum absolute atomic E-state index is 4.57. The van der Waals surface area contributed by atoms with Crippen LogP contribution in [0.25, 0.3) is 10.9 Å². The molecule has 1 aromatic carbocycles. The van der Waals surface area contributed by atoms with E-state index < -0.39 is 0 Å². The molecule has 1 N–H and O–H groups in total. The van der Waals surface area contributed by atoms with Gasteiger partial charge in [-0.1, -0.05) is 37.3 Å². The lowest BCUT2D eigenvalue weighted by Crippen LogP contribution is -2.23. The van der Waals surface area contributed by atoms with E-state index in [0.717, 1.165) is 18.5 Å². The highest BCUT2D eigenvalue weighted by molar-refractivity contribution is 5.82. The molecule has 21 heavy (non-hydrogen) atoms. The van der Waals surface area contributed by atoms with Gasteiger partial charge < -0.3 is 5.32 Å². The van der Waals surface area contributed by atoms with Crippen molar-refractivity contribution in [2.75, 3.05) is 6.54 Å². The van der Waals surface area contributed by atoms with Gasteiger partial charge in [0, 0.05) is 30.0 Å². The number of para-hydroxylation sites is 1. The van der Waals surface area contributed by atoms with Crippen molar-refractivity contribution in [1.29, 1.82) is 0 Å². The van der Waals surface area contributed by atoms with Crippen molar-refractivity contribution in [3.05, 3.63) is 72.2 Å². The first-order valence-electron chi connectivity index (χ1n) is 7.34. The number of likely N-dealkylation sites (N-methyl/N-ethyl adjacent to an activating group) is 1. The summed E-state index contributed by atoms with van der Waals surface area (Å²) >= 11 is 0. The minimum atomic E-state index is 0.248. The monoisotopic (exact) mass is 277 g/mol. The van der Waals surface area contributed by atoms with Gasteiger partial charge in [-0.15, -0.1) is 0 Å². The molecule has 1 unspecified atom stereocenters. The normalized spacial score (nSPS) is 12.4. The number of nitrogens with zero attached hydrogens (tertiary/aromatic N) is 2. The minimum absolute atomic E-state index is 0.248. The fourth-order valence-corrected chi connectivity index (χ4v) is 2.70. The van der Waals surface area contributed by atoms with Gasteiger partial charge in [0.25, 0.3) is 0 Å². The highest BCUT2D eigenvalue weighted by atomic mass is 14.9. The summed E-state index contributed by atoms with van der Waals surface area (Å²) in [7, 11) is 0. The highest BCUT2D eigenvalue weighted by Gasteiger charge is 2.14. The average Bonchev–Trinajstić information content (AvgIpc) is 2.55. The molecular formula is C18H19N3. The molecule has 0 bridgehead atoms. The molecule has 0 radical (unpaired) electrons. The number of rotatable bonds is 5. The first-order valence-corrected chi connectivity index (χ1v) is 7.34. The molecular weight excluding hydrogens is 258 g/mol. The Kier molecular flexibility index (Phi) is 4.22. The van der Waals surface area contributed by atoms with Gasteiger partial charge in [0.05, 0.1) is 5.52 Å². The molecule has 3 heteroatoms. The average molecular weight is 277 g/mol. The molecule has 0 saturated heterocycles. The molecule has 0 aliphatic carbocycles. The Morgan fingerprint density at radius 3 is 2.71 bits per heavy atom. The first-order chi connectivity index (χ1) is 10.4. The molecule has 106 valence electrons. The largest absolute Gasteiger partial charge is 0.310 e. The van der Waals surface area contributed by atoms with Crippen molar-refractivity contribution in [3.63, 3.8) is 0 Å². The second-order valence-electron chi connectivity index (χ2n) is 5.10. The molecule has 3 rings (SSSR count). The van der Waals surface area contributed by atoms with Crippen LogP contribution in [0.1, 0.15) is 24.1 Å². The van der Waals surface area contributed by atoms with E-state index in [1.165, 1.54) is 16.5 Å². The molecule has 3 aromatic rings. The minimum Gasteiger partial charge on any atom is -0.310 e. The van der Waals surface area contributed by atoms with Crippen molar-refractivity contribution >= 4 is 10.9 Å². The molecule has 0 spiro atoms. The van der Waals surface area contributed by atoms with Gasteiger partial charge in [-0.2, -0.15) is 0 Å². The van der Waals surface area contributed by atoms with Crippen molar-refractivity contribution in [2.24, 2.45) is 0 Å².